The van der Waals surface area contributed by atoms with Crippen molar-refractivity contribution in [2.24, 2.45) is 0 Å². The number of halogens is 1. The van der Waals surface area contributed by atoms with Gasteiger partial charge in [0.2, 0.25) is 0 Å². The first-order valence-electron chi connectivity index (χ1n) is 7.45. The van der Waals surface area contributed by atoms with E-state index < -0.39 is 28.4 Å². The Hall–Kier alpha value is -2.94. The highest BCUT2D eigenvalue weighted by molar-refractivity contribution is 7.92. The van der Waals surface area contributed by atoms with Crippen LogP contribution in [0.25, 0.3) is 0 Å². The van der Waals surface area contributed by atoms with Gasteiger partial charge in [0.05, 0.1) is 10.5 Å². The van der Waals surface area contributed by atoms with Gasteiger partial charge in [0, 0.05) is 19.8 Å². The third-order valence-corrected chi connectivity index (χ3v) is 4.72. The Morgan fingerprint density at radius 3 is 2.15 bits per heavy atom. The molecule has 26 heavy (non-hydrogen) atoms. The molecule has 0 radical (unpaired) electrons. The molecule has 138 valence electrons. The number of hydrogen-bond donors (Lipinski definition) is 1. The zero-order chi connectivity index (χ0) is 19.3. The lowest BCUT2D eigenvalue weighted by Gasteiger charge is -2.11. The minimum atomic E-state index is -3.89. The largest absolute Gasteiger partial charge is 0.452 e. The average molecular weight is 380 g/mol. The summed E-state index contributed by atoms with van der Waals surface area (Å²) in [4.78, 5) is 24.5. The van der Waals surface area contributed by atoms with Crippen LogP contribution in [0.4, 0.5) is 10.1 Å². The van der Waals surface area contributed by atoms with Crippen molar-refractivity contribution in [3.63, 3.8) is 0 Å². The fraction of sp³-hybridized carbons (Fsp3) is 0.176. The van der Waals surface area contributed by atoms with Crippen molar-refractivity contribution in [3.8, 4) is 0 Å². The molecule has 0 fully saturated rings. The van der Waals surface area contributed by atoms with Crippen LogP contribution in [0.2, 0.25) is 0 Å². The zero-order valence-electron chi connectivity index (χ0n) is 14.1. The van der Waals surface area contributed by atoms with E-state index in [9.17, 15) is 22.4 Å². The van der Waals surface area contributed by atoms with E-state index in [2.05, 4.69) is 4.72 Å². The molecular weight excluding hydrogens is 363 g/mol. The number of esters is 1. The molecule has 0 aliphatic carbocycles. The topological polar surface area (TPSA) is 92.8 Å². The number of carbonyl (C=O) groups excluding carboxylic acids is 2. The van der Waals surface area contributed by atoms with Crippen molar-refractivity contribution in [1.29, 1.82) is 0 Å². The van der Waals surface area contributed by atoms with Gasteiger partial charge in [0.15, 0.2) is 6.61 Å². The Balaban J connectivity index is 2.06. The van der Waals surface area contributed by atoms with Crippen molar-refractivity contribution in [2.45, 2.75) is 4.90 Å². The molecule has 0 aliphatic heterocycles. The van der Waals surface area contributed by atoms with Crippen molar-refractivity contribution in [1.82, 2.24) is 4.90 Å². The number of hydrogen-bond acceptors (Lipinski definition) is 5. The number of anilines is 1. The first-order valence-corrected chi connectivity index (χ1v) is 8.93. The third-order valence-electron chi connectivity index (χ3n) is 3.32. The van der Waals surface area contributed by atoms with Gasteiger partial charge in [-0.25, -0.2) is 17.6 Å². The van der Waals surface area contributed by atoms with Crippen LogP contribution in [0.15, 0.2) is 53.4 Å². The molecule has 2 rings (SSSR count). The van der Waals surface area contributed by atoms with Crippen LogP contribution in [0.5, 0.6) is 0 Å². The minimum absolute atomic E-state index is 0.0808. The Morgan fingerprint density at radius 1 is 1.04 bits per heavy atom. The van der Waals surface area contributed by atoms with Crippen LogP contribution in [0.3, 0.4) is 0 Å². The van der Waals surface area contributed by atoms with E-state index >= 15 is 0 Å². The molecule has 7 nitrogen and oxygen atoms in total. The third kappa shape index (κ3) is 5.03. The lowest BCUT2D eigenvalue weighted by molar-refractivity contribution is -0.131. The summed E-state index contributed by atoms with van der Waals surface area (Å²) in [5.41, 5.74) is 0.314. The molecule has 0 atom stereocenters. The molecule has 0 aromatic heterocycles. The standard InChI is InChI=1S/C17H17FN2O5S/c1-20(2)16(21)11-25-17(22)12-3-9-15(10-4-12)26(23,24)19-14-7-5-13(18)6-8-14/h3-10,19H,11H2,1-2H3. The van der Waals surface area contributed by atoms with Crippen LogP contribution in [0, 0.1) is 5.82 Å². The first kappa shape index (κ1) is 19.4. The second kappa shape index (κ2) is 7.96. The maximum Gasteiger partial charge on any atom is 0.338 e. The number of amides is 1. The fourth-order valence-electron chi connectivity index (χ4n) is 1.84. The Kier molecular flexibility index (Phi) is 5.93. The van der Waals surface area contributed by atoms with Crippen LogP contribution in [0.1, 0.15) is 10.4 Å². The summed E-state index contributed by atoms with van der Waals surface area (Å²) >= 11 is 0. The summed E-state index contributed by atoms with van der Waals surface area (Å²) < 4.78 is 44.6. The second-order valence-electron chi connectivity index (χ2n) is 5.50. The summed E-state index contributed by atoms with van der Waals surface area (Å²) in [7, 11) is -0.828. The van der Waals surface area contributed by atoms with Gasteiger partial charge in [0.25, 0.3) is 15.9 Å². The van der Waals surface area contributed by atoms with Gasteiger partial charge >= 0.3 is 5.97 Å². The molecule has 1 amide bonds. The van der Waals surface area contributed by atoms with E-state index in [0.717, 1.165) is 12.1 Å². The number of nitrogens with zero attached hydrogens (tertiary/aromatic N) is 1. The maximum absolute atomic E-state index is 12.9. The number of sulfonamides is 1. The summed E-state index contributed by atoms with van der Waals surface area (Å²) in [6, 6.07) is 9.87. The number of likely N-dealkylation sites (N-methyl/N-ethyl adjacent to an activating group) is 1. The molecule has 1 N–H and O–H groups in total. The van der Waals surface area contributed by atoms with Crippen LogP contribution >= 0.6 is 0 Å². The lowest BCUT2D eigenvalue weighted by atomic mass is 10.2. The van der Waals surface area contributed by atoms with E-state index in [1.807, 2.05) is 0 Å². The van der Waals surface area contributed by atoms with Gasteiger partial charge in [-0.1, -0.05) is 0 Å². The van der Waals surface area contributed by atoms with Crippen LogP contribution < -0.4 is 4.72 Å². The lowest BCUT2D eigenvalue weighted by Crippen LogP contribution is -2.27. The van der Waals surface area contributed by atoms with E-state index in [-0.39, 0.29) is 22.1 Å². The summed E-state index contributed by atoms with van der Waals surface area (Å²) in [6.45, 7) is -0.405. The smallest absolute Gasteiger partial charge is 0.338 e. The monoisotopic (exact) mass is 380 g/mol. The molecule has 9 heteroatoms. The number of nitrogens with one attached hydrogen (secondary N) is 1. The van der Waals surface area contributed by atoms with E-state index in [1.54, 1.807) is 0 Å². The van der Waals surface area contributed by atoms with Gasteiger partial charge in [-0.05, 0) is 48.5 Å². The molecule has 0 heterocycles. The quantitative estimate of drug-likeness (QED) is 0.773. The van der Waals surface area contributed by atoms with Crippen molar-refractivity contribution >= 4 is 27.6 Å². The van der Waals surface area contributed by atoms with E-state index in [4.69, 9.17) is 4.74 Å². The predicted octanol–water partition coefficient (Wildman–Crippen LogP) is 1.87. The van der Waals surface area contributed by atoms with Gasteiger partial charge in [0.1, 0.15) is 5.82 Å². The average Bonchev–Trinajstić information content (AvgIpc) is 2.61. The van der Waals surface area contributed by atoms with E-state index in [0.29, 0.717) is 0 Å². The molecule has 0 saturated heterocycles. The molecule has 0 aliphatic rings. The number of carbonyl (C=O) groups is 2. The molecule has 2 aromatic carbocycles. The van der Waals surface area contributed by atoms with Crippen molar-refractivity contribution in [2.75, 3.05) is 25.4 Å². The zero-order valence-corrected chi connectivity index (χ0v) is 14.9. The molecule has 0 bridgehead atoms. The SMILES string of the molecule is CN(C)C(=O)COC(=O)c1ccc(S(=O)(=O)Nc2ccc(F)cc2)cc1. The fourth-order valence-corrected chi connectivity index (χ4v) is 2.90. The highest BCUT2D eigenvalue weighted by atomic mass is 32.2. The van der Waals surface area contributed by atoms with Crippen LogP contribution in [-0.2, 0) is 19.6 Å². The number of rotatable bonds is 6. The van der Waals surface area contributed by atoms with Crippen LogP contribution in [-0.4, -0.2) is 45.9 Å². The highest BCUT2D eigenvalue weighted by Crippen LogP contribution is 2.17. The highest BCUT2D eigenvalue weighted by Gasteiger charge is 2.16. The molecule has 0 unspecified atom stereocenters. The van der Waals surface area contributed by atoms with E-state index in [1.165, 1.54) is 55.4 Å². The van der Waals surface area contributed by atoms with Gasteiger partial charge in [-0.3, -0.25) is 9.52 Å². The number of benzene rings is 2. The normalized spacial score (nSPS) is 10.9. The van der Waals surface area contributed by atoms with Gasteiger partial charge in [-0.15, -0.1) is 0 Å². The first-order chi connectivity index (χ1) is 12.2. The summed E-state index contributed by atoms with van der Waals surface area (Å²) in [6.07, 6.45) is 0. The summed E-state index contributed by atoms with van der Waals surface area (Å²) in [5, 5.41) is 0. The molecular formula is C17H17FN2O5S. The van der Waals surface area contributed by atoms with Gasteiger partial charge in [-0.2, -0.15) is 0 Å². The molecule has 0 saturated carbocycles. The predicted molar refractivity (Wildman–Crippen MR) is 92.6 cm³/mol. The minimum Gasteiger partial charge on any atom is -0.452 e. The molecule has 0 spiro atoms. The van der Waals surface area contributed by atoms with Crippen molar-refractivity contribution in [3.05, 3.63) is 59.9 Å². The Bertz CT molecular complexity index is 894. The Labute approximate surface area is 150 Å². The Morgan fingerprint density at radius 2 is 1.62 bits per heavy atom. The number of ether oxygens (including phenoxy) is 1. The van der Waals surface area contributed by atoms with Crippen molar-refractivity contribution < 1.29 is 27.1 Å². The molecule has 2 aromatic rings. The second-order valence-corrected chi connectivity index (χ2v) is 7.18. The van der Waals surface area contributed by atoms with Gasteiger partial charge < -0.3 is 9.64 Å². The summed E-state index contributed by atoms with van der Waals surface area (Å²) in [5.74, 6) is -1.60. The maximum atomic E-state index is 12.9.